The van der Waals surface area contributed by atoms with Crippen LogP contribution in [0, 0.1) is 0 Å². The first kappa shape index (κ1) is 13.0. The molecule has 4 nitrogen and oxygen atoms in total. The monoisotopic (exact) mass is 280 g/mol. The molecule has 104 valence electrons. The Morgan fingerprint density at radius 3 is 2.38 bits per heavy atom. The maximum Gasteiger partial charge on any atom is 0.335 e. The van der Waals surface area contributed by atoms with E-state index in [0.717, 1.165) is 10.8 Å². The van der Waals surface area contributed by atoms with Crippen molar-refractivity contribution in [2.45, 2.75) is 0 Å². The lowest BCUT2D eigenvalue weighted by atomic mass is 10.1. The summed E-state index contributed by atoms with van der Waals surface area (Å²) < 4.78 is 5.68. The van der Waals surface area contributed by atoms with Gasteiger partial charge in [0.2, 0.25) is 0 Å². The fourth-order valence-electron chi connectivity index (χ4n) is 2.10. The fourth-order valence-corrected chi connectivity index (χ4v) is 2.10. The van der Waals surface area contributed by atoms with Crippen molar-refractivity contribution in [1.29, 1.82) is 0 Å². The van der Waals surface area contributed by atoms with E-state index in [1.54, 1.807) is 36.4 Å². The minimum absolute atomic E-state index is 0.179. The van der Waals surface area contributed by atoms with Crippen LogP contribution < -0.4 is 4.74 Å². The summed E-state index contributed by atoms with van der Waals surface area (Å²) in [6, 6.07) is 16.8. The topological polar surface area (TPSA) is 66.8 Å². The van der Waals surface area contributed by atoms with Gasteiger partial charge in [-0.3, -0.25) is 0 Å². The molecular weight excluding hydrogens is 268 g/mol. The summed E-state index contributed by atoms with van der Waals surface area (Å²) in [4.78, 5) is 10.9. The number of aromatic carboxylic acids is 1. The predicted octanol–water partition coefficient (Wildman–Crippen LogP) is 4.04. The smallest absolute Gasteiger partial charge is 0.335 e. The van der Waals surface area contributed by atoms with Crippen LogP contribution in [-0.2, 0) is 0 Å². The summed E-state index contributed by atoms with van der Waals surface area (Å²) >= 11 is 0. The lowest BCUT2D eigenvalue weighted by Crippen LogP contribution is -1.96. The number of phenolic OH excluding ortho intramolecular Hbond substituents is 1. The van der Waals surface area contributed by atoms with Gasteiger partial charge in [-0.1, -0.05) is 18.2 Å². The highest BCUT2D eigenvalue weighted by molar-refractivity contribution is 5.88. The molecule has 2 N–H and O–H groups in total. The van der Waals surface area contributed by atoms with E-state index >= 15 is 0 Å². The van der Waals surface area contributed by atoms with Crippen molar-refractivity contribution < 1.29 is 19.7 Å². The molecule has 0 radical (unpaired) electrons. The molecule has 3 rings (SSSR count). The quantitative estimate of drug-likeness (QED) is 0.760. The van der Waals surface area contributed by atoms with Gasteiger partial charge in [-0.2, -0.15) is 0 Å². The maximum absolute atomic E-state index is 10.9. The molecular formula is C17H12O4. The minimum atomic E-state index is -0.991. The fraction of sp³-hybridized carbons (Fsp3) is 0. The highest BCUT2D eigenvalue weighted by Crippen LogP contribution is 2.28. The largest absolute Gasteiger partial charge is 0.508 e. The van der Waals surface area contributed by atoms with E-state index in [-0.39, 0.29) is 11.3 Å². The van der Waals surface area contributed by atoms with Crippen LogP contribution in [0.2, 0.25) is 0 Å². The summed E-state index contributed by atoms with van der Waals surface area (Å²) in [5.74, 6) is 0.295. The molecule has 3 aromatic rings. The summed E-state index contributed by atoms with van der Waals surface area (Å²) in [6.07, 6.45) is 0. The second kappa shape index (κ2) is 5.17. The second-order valence-electron chi connectivity index (χ2n) is 4.63. The van der Waals surface area contributed by atoms with Crippen LogP contribution in [0.3, 0.4) is 0 Å². The van der Waals surface area contributed by atoms with Crippen LogP contribution in [0.1, 0.15) is 10.4 Å². The van der Waals surface area contributed by atoms with Gasteiger partial charge in [0, 0.05) is 0 Å². The number of carboxylic acid groups (broad SMARTS) is 1. The standard InChI is InChI=1S/C17H12O4/c18-14-6-4-12-9-16(7-5-11(12)8-14)21-15-3-1-2-13(10-15)17(19)20/h1-10,18H,(H,19,20). The second-order valence-corrected chi connectivity index (χ2v) is 4.63. The first-order valence-electron chi connectivity index (χ1n) is 6.36. The Kier molecular flexibility index (Phi) is 3.20. The van der Waals surface area contributed by atoms with E-state index in [2.05, 4.69) is 0 Å². The summed E-state index contributed by atoms with van der Waals surface area (Å²) in [7, 11) is 0. The van der Waals surface area contributed by atoms with Gasteiger partial charge in [-0.05, 0) is 53.2 Å². The molecule has 0 saturated heterocycles. The number of phenols is 1. The average Bonchev–Trinajstić information content (AvgIpc) is 2.48. The van der Waals surface area contributed by atoms with Gasteiger partial charge < -0.3 is 14.9 Å². The summed E-state index contributed by atoms with van der Waals surface area (Å²) in [5, 5.41) is 20.2. The maximum atomic E-state index is 10.9. The van der Waals surface area contributed by atoms with E-state index < -0.39 is 5.97 Å². The molecule has 0 saturated carbocycles. The Labute approximate surface area is 120 Å². The van der Waals surface area contributed by atoms with E-state index in [0.29, 0.717) is 11.5 Å². The van der Waals surface area contributed by atoms with Gasteiger partial charge >= 0.3 is 5.97 Å². The van der Waals surface area contributed by atoms with Crippen molar-refractivity contribution in [3.8, 4) is 17.2 Å². The van der Waals surface area contributed by atoms with Crippen LogP contribution in [-0.4, -0.2) is 16.2 Å². The molecule has 0 heterocycles. The molecule has 21 heavy (non-hydrogen) atoms. The molecule has 0 atom stereocenters. The number of carboxylic acids is 1. The first-order valence-corrected chi connectivity index (χ1v) is 6.36. The normalized spacial score (nSPS) is 10.5. The molecule has 0 aliphatic heterocycles. The van der Waals surface area contributed by atoms with Crippen molar-refractivity contribution in [2.24, 2.45) is 0 Å². The number of aromatic hydroxyl groups is 1. The van der Waals surface area contributed by atoms with Gasteiger partial charge in [0.15, 0.2) is 0 Å². The number of hydrogen-bond donors (Lipinski definition) is 2. The highest BCUT2D eigenvalue weighted by atomic mass is 16.5. The summed E-state index contributed by atoms with van der Waals surface area (Å²) in [6.45, 7) is 0. The van der Waals surface area contributed by atoms with Crippen molar-refractivity contribution in [3.63, 3.8) is 0 Å². The van der Waals surface area contributed by atoms with Gasteiger partial charge in [0.1, 0.15) is 17.2 Å². The highest BCUT2D eigenvalue weighted by Gasteiger charge is 2.05. The van der Waals surface area contributed by atoms with Crippen LogP contribution >= 0.6 is 0 Å². The molecule has 0 aromatic heterocycles. The van der Waals surface area contributed by atoms with E-state index in [1.165, 1.54) is 12.1 Å². The Balaban J connectivity index is 1.92. The number of rotatable bonds is 3. The Bertz CT molecular complexity index is 824. The Morgan fingerprint density at radius 2 is 1.57 bits per heavy atom. The van der Waals surface area contributed by atoms with Crippen LogP contribution in [0.4, 0.5) is 0 Å². The zero-order chi connectivity index (χ0) is 14.8. The molecule has 0 amide bonds. The van der Waals surface area contributed by atoms with Crippen molar-refractivity contribution in [2.75, 3.05) is 0 Å². The molecule has 4 heteroatoms. The van der Waals surface area contributed by atoms with Gasteiger partial charge in [-0.25, -0.2) is 4.79 Å². The number of carbonyl (C=O) groups is 1. The Hall–Kier alpha value is -3.01. The van der Waals surface area contributed by atoms with Crippen LogP contribution in [0.15, 0.2) is 60.7 Å². The average molecular weight is 280 g/mol. The van der Waals surface area contributed by atoms with Crippen molar-refractivity contribution >= 4 is 16.7 Å². The van der Waals surface area contributed by atoms with E-state index in [9.17, 15) is 9.90 Å². The SMILES string of the molecule is O=C(O)c1cccc(Oc2ccc3cc(O)ccc3c2)c1. The predicted molar refractivity (Wildman–Crippen MR) is 79.1 cm³/mol. The third-order valence-corrected chi connectivity index (χ3v) is 3.11. The summed E-state index contributed by atoms with van der Waals surface area (Å²) in [5.41, 5.74) is 0.179. The van der Waals surface area contributed by atoms with Gasteiger partial charge in [0.25, 0.3) is 0 Å². The lowest BCUT2D eigenvalue weighted by molar-refractivity contribution is 0.0696. The Morgan fingerprint density at radius 1 is 0.857 bits per heavy atom. The third-order valence-electron chi connectivity index (χ3n) is 3.11. The third kappa shape index (κ3) is 2.79. The van der Waals surface area contributed by atoms with E-state index in [1.807, 2.05) is 12.1 Å². The number of hydrogen-bond acceptors (Lipinski definition) is 3. The zero-order valence-corrected chi connectivity index (χ0v) is 11.0. The minimum Gasteiger partial charge on any atom is -0.508 e. The lowest BCUT2D eigenvalue weighted by Gasteiger charge is -2.08. The molecule has 3 aromatic carbocycles. The van der Waals surface area contributed by atoms with Crippen LogP contribution in [0.25, 0.3) is 10.8 Å². The molecule has 0 aliphatic rings. The molecule has 0 aliphatic carbocycles. The number of benzene rings is 3. The number of fused-ring (bicyclic) bond motifs is 1. The van der Waals surface area contributed by atoms with E-state index in [4.69, 9.17) is 9.84 Å². The van der Waals surface area contributed by atoms with Gasteiger partial charge in [0.05, 0.1) is 5.56 Å². The van der Waals surface area contributed by atoms with Crippen LogP contribution in [0.5, 0.6) is 17.2 Å². The zero-order valence-electron chi connectivity index (χ0n) is 11.0. The molecule has 0 unspecified atom stereocenters. The van der Waals surface area contributed by atoms with Gasteiger partial charge in [-0.15, -0.1) is 0 Å². The number of ether oxygens (including phenoxy) is 1. The van der Waals surface area contributed by atoms with Crippen molar-refractivity contribution in [3.05, 3.63) is 66.2 Å². The first-order chi connectivity index (χ1) is 10.1. The molecule has 0 spiro atoms. The molecule has 0 bridgehead atoms. The molecule has 0 fully saturated rings. The van der Waals surface area contributed by atoms with Crippen molar-refractivity contribution in [1.82, 2.24) is 0 Å².